The summed E-state index contributed by atoms with van der Waals surface area (Å²) in [7, 11) is 0. The molecule has 4 saturated carbocycles. The average molecular weight is 320 g/mol. The van der Waals surface area contributed by atoms with E-state index in [0.29, 0.717) is 0 Å². The molecule has 2 N–H and O–H groups in total. The highest BCUT2D eigenvalue weighted by Gasteiger charge is 2.57. The van der Waals surface area contributed by atoms with Crippen LogP contribution in [-0.4, -0.2) is 46.1 Å². The maximum atomic E-state index is 13.2. The lowest BCUT2D eigenvalue weighted by Crippen LogP contribution is -2.65. The highest BCUT2D eigenvalue weighted by atomic mass is 16.3. The smallest absolute Gasteiger partial charge is 0.237 e. The predicted octanol–water partition coefficient (Wildman–Crippen LogP) is 1.17. The highest BCUT2D eigenvalue weighted by Crippen LogP contribution is 2.57. The third-order valence-corrected chi connectivity index (χ3v) is 3.87. The normalized spacial score (nSPS) is 77.8. The van der Waals surface area contributed by atoms with Crippen LogP contribution in [0, 0.1) is 23.1 Å². The molecule has 22 heavy (non-hydrogen) atoms. The lowest BCUT2D eigenvalue weighted by atomic mass is 9.51. The van der Waals surface area contributed by atoms with Gasteiger partial charge in [-0.2, -0.15) is 5.26 Å². The predicted molar refractivity (Wildman–Crippen MR) is 80.7 cm³/mol. The molecule has 5 rings (SSSR count). The lowest BCUT2D eigenvalue weighted by Gasteiger charge is -2.60. The van der Waals surface area contributed by atoms with E-state index in [1.165, 1.54) is 0 Å². The van der Waals surface area contributed by atoms with Crippen molar-refractivity contribution < 1.29 is 31.8 Å². The van der Waals surface area contributed by atoms with Gasteiger partial charge in [0.25, 0.3) is 0 Å². The number of likely N-dealkylation sites (tertiary alicyclic amines) is 1. The molecule has 5 atom stereocenters. The molecule has 5 heteroatoms. The number of carbonyl (C=O) groups is 1. The van der Waals surface area contributed by atoms with Crippen LogP contribution in [0.25, 0.3) is 0 Å². The first kappa shape index (κ1) is 5.19. The van der Waals surface area contributed by atoms with Gasteiger partial charge in [-0.3, -0.25) is 4.79 Å². The Balaban J connectivity index is 2.11. The lowest BCUT2D eigenvalue weighted by molar-refractivity contribution is -0.147. The van der Waals surface area contributed by atoms with E-state index in [9.17, 15) is 15.2 Å². The van der Waals surface area contributed by atoms with E-state index in [4.69, 9.17) is 21.9 Å². The summed E-state index contributed by atoms with van der Waals surface area (Å²) in [6, 6.07) is 0.620. The maximum absolute atomic E-state index is 13.2. The van der Waals surface area contributed by atoms with Crippen molar-refractivity contribution in [3.63, 3.8) is 0 Å². The molecule has 1 aliphatic heterocycles. The fourth-order valence-electron chi connectivity index (χ4n) is 2.96. The number of aliphatic hydroxyl groups is 1. The van der Waals surface area contributed by atoms with E-state index in [2.05, 4.69) is 0 Å². The standard InChI is InChI=1S/C17H25N3O2/c18-9-14-2-1-3-20(14)15(21)10-19-16-5-12-4-13(6-16)8-17(22,7-12)11-16/h12-14,19,22H,1-8,10-11H2/t12-,13+,14-,16?,17?/m0/s1/i4D2,5D2,6D2,7D2,8D2,10D2,11D2,12D,13D. The maximum Gasteiger partial charge on any atom is 0.237 e. The zero-order valence-electron chi connectivity index (χ0n) is 27.4. The summed E-state index contributed by atoms with van der Waals surface area (Å²) < 4.78 is 137. The fraction of sp³-hybridized carbons (Fsp3) is 0.882. The van der Waals surface area contributed by atoms with E-state index in [-0.39, 0.29) is 19.4 Å². The molecule has 4 bridgehead atoms. The van der Waals surface area contributed by atoms with Gasteiger partial charge in [-0.25, -0.2) is 0 Å². The number of hydrogen-bond acceptors (Lipinski definition) is 4. The molecule has 0 spiro atoms. The molecule has 0 aromatic carbocycles. The summed E-state index contributed by atoms with van der Waals surface area (Å²) in [6.45, 7) is -3.84. The molecule has 1 heterocycles. The van der Waals surface area contributed by atoms with Crippen LogP contribution in [0.3, 0.4) is 0 Å². The molecule has 0 radical (unpaired) electrons. The number of nitriles is 1. The van der Waals surface area contributed by atoms with Gasteiger partial charge in [0, 0.05) is 31.3 Å². The van der Waals surface area contributed by atoms with Gasteiger partial charge in [0.1, 0.15) is 6.04 Å². The summed E-state index contributed by atoms with van der Waals surface area (Å²) in [5, 5.41) is 22.4. The minimum atomic E-state index is -4.31. The van der Waals surface area contributed by atoms with Gasteiger partial charge >= 0.3 is 0 Å². The third-order valence-electron chi connectivity index (χ3n) is 3.87. The molecule has 1 saturated heterocycles. The summed E-state index contributed by atoms with van der Waals surface area (Å²) in [5.41, 5.74) is -8.41. The molecule has 5 nitrogen and oxygen atoms in total. The van der Waals surface area contributed by atoms with E-state index in [1.54, 1.807) is 11.4 Å². The van der Waals surface area contributed by atoms with Crippen LogP contribution in [0.5, 0.6) is 0 Å². The van der Waals surface area contributed by atoms with E-state index in [0.717, 1.165) is 4.90 Å². The Bertz CT molecular complexity index is 1040. The van der Waals surface area contributed by atoms with Crippen molar-refractivity contribution in [2.24, 2.45) is 11.8 Å². The quantitative estimate of drug-likeness (QED) is 0.819. The number of nitrogens with one attached hydrogen (secondary N) is 1. The molecule has 5 aliphatic rings. The van der Waals surface area contributed by atoms with Crippen molar-refractivity contribution in [1.82, 2.24) is 10.2 Å². The molecule has 0 aromatic heterocycles. The second-order valence-corrected chi connectivity index (χ2v) is 5.50. The monoisotopic (exact) mass is 319 g/mol. The Labute approximate surface area is 154 Å². The van der Waals surface area contributed by atoms with Crippen molar-refractivity contribution in [2.75, 3.05) is 13.0 Å². The molecule has 5 fully saturated rings. The van der Waals surface area contributed by atoms with Gasteiger partial charge < -0.3 is 15.3 Å². The van der Waals surface area contributed by atoms with Crippen LogP contribution >= 0.6 is 0 Å². The van der Waals surface area contributed by atoms with E-state index < -0.39 is 79.6 Å². The Hall–Kier alpha value is -1.12. The Kier molecular flexibility index (Phi) is 1.16. The van der Waals surface area contributed by atoms with Gasteiger partial charge in [0.2, 0.25) is 5.91 Å². The van der Waals surface area contributed by atoms with Crippen LogP contribution in [0.2, 0.25) is 0 Å². The first-order valence-corrected chi connectivity index (χ1v) is 6.90. The van der Waals surface area contributed by atoms with E-state index >= 15 is 0 Å². The van der Waals surface area contributed by atoms with E-state index in [1.807, 2.05) is 0 Å². The van der Waals surface area contributed by atoms with Crippen LogP contribution < -0.4 is 5.32 Å². The second-order valence-electron chi connectivity index (χ2n) is 5.50. The molecule has 120 valence electrons. The van der Waals surface area contributed by atoms with Crippen LogP contribution in [-0.2, 0) is 4.79 Å². The molecular formula is C17H25N3O2. The summed E-state index contributed by atoms with van der Waals surface area (Å²) in [6.07, 6.45) is -24.7. The molecule has 4 aliphatic carbocycles. The van der Waals surface area contributed by atoms with Crippen molar-refractivity contribution in [3.8, 4) is 6.07 Å². The minimum absolute atomic E-state index is 0.137. The van der Waals surface area contributed by atoms with Gasteiger partial charge in [-0.1, -0.05) is 0 Å². The third kappa shape index (κ3) is 2.33. The van der Waals surface area contributed by atoms with Crippen molar-refractivity contribution in [1.29, 1.82) is 5.26 Å². The summed E-state index contributed by atoms with van der Waals surface area (Å²) in [5.74, 6) is -9.83. The zero-order valence-corrected chi connectivity index (χ0v) is 11.4. The second kappa shape index (κ2) is 4.94. The first-order chi connectivity index (χ1) is 16.7. The molecule has 1 amide bonds. The number of hydrogen-bond donors (Lipinski definition) is 2. The highest BCUT2D eigenvalue weighted by molar-refractivity contribution is 5.79. The Morgan fingerprint density at radius 1 is 1.50 bits per heavy atom. The van der Waals surface area contributed by atoms with Gasteiger partial charge in [-0.05, 0) is 62.9 Å². The number of nitrogens with zero attached hydrogens (tertiary/aromatic N) is 2. The van der Waals surface area contributed by atoms with Crippen molar-refractivity contribution >= 4 is 5.91 Å². The fourth-order valence-corrected chi connectivity index (χ4v) is 2.96. The summed E-state index contributed by atoms with van der Waals surface area (Å²) in [4.78, 5) is 13.9. The Morgan fingerprint density at radius 3 is 2.91 bits per heavy atom. The van der Waals surface area contributed by atoms with Gasteiger partial charge in [-0.15, -0.1) is 0 Å². The molecule has 2 unspecified atom stereocenters. The largest absolute Gasteiger partial charge is 0.390 e. The SMILES string of the molecule is [2H]C([2H])(NC12C([2H])([2H])C3(O)C([2H])([2H])[C@@]([2H])(C1([2H])[2H])C([2H])([2H])[C@]([2H])(C3([2H])[2H])C2([2H])[2H])C(=O)N1CCC[C@H]1C#N. The first-order valence-electron chi connectivity index (χ1n) is 14.9. The number of rotatable bonds is 3. The minimum Gasteiger partial charge on any atom is -0.390 e. The zero-order chi connectivity index (χ0) is 29.8. The van der Waals surface area contributed by atoms with Crippen molar-refractivity contribution in [3.05, 3.63) is 0 Å². The van der Waals surface area contributed by atoms with Crippen LogP contribution in [0.15, 0.2) is 0 Å². The van der Waals surface area contributed by atoms with Crippen LogP contribution in [0.4, 0.5) is 0 Å². The van der Waals surface area contributed by atoms with Crippen LogP contribution in [0.1, 0.15) is 73.0 Å². The summed E-state index contributed by atoms with van der Waals surface area (Å²) >= 11 is 0. The average Bonchev–Trinajstić information content (AvgIpc) is 3.25. The topological polar surface area (TPSA) is 76.4 Å². The number of amides is 1. The number of carbonyl (C=O) groups excluding carboxylic acids is 1. The molecular weight excluding hydrogens is 278 g/mol. The Morgan fingerprint density at radius 2 is 2.23 bits per heavy atom. The van der Waals surface area contributed by atoms with Gasteiger partial charge in [0.15, 0.2) is 0 Å². The van der Waals surface area contributed by atoms with Crippen molar-refractivity contribution in [2.45, 2.75) is 68.3 Å². The molecule has 0 aromatic rings. The van der Waals surface area contributed by atoms with Gasteiger partial charge in [0.05, 0.1) is 20.9 Å².